The molecule has 16 heavy (non-hydrogen) atoms. The van der Waals surface area contributed by atoms with Gasteiger partial charge in [-0.05, 0) is 29.9 Å². The first-order valence-electron chi connectivity index (χ1n) is 5.94. The number of ether oxygens (including phenoxy) is 2. The lowest BCUT2D eigenvalue weighted by molar-refractivity contribution is -0.178. The molecule has 4 rings (SSSR count). The molecule has 5 atom stereocenters. The van der Waals surface area contributed by atoms with Crippen molar-refractivity contribution in [3.8, 4) is 0 Å². The van der Waals surface area contributed by atoms with Gasteiger partial charge in [0.1, 0.15) is 0 Å². The lowest BCUT2D eigenvalue weighted by Crippen LogP contribution is -2.49. The Morgan fingerprint density at radius 1 is 1.19 bits per heavy atom. The molecule has 0 N–H and O–H groups in total. The van der Waals surface area contributed by atoms with Crippen molar-refractivity contribution in [1.82, 2.24) is 4.98 Å². The van der Waals surface area contributed by atoms with E-state index in [9.17, 15) is 0 Å². The highest BCUT2D eigenvalue weighted by Gasteiger charge is 2.49. The summed E-state index contributed by atoms with van der Waals surface area (Å²) in [4.78, 5) is 4.01. The summed E-state index contributed by atoms with van der Waals surface area (Å²) >= 11 is 0. The van der Waals surface area contributed by atoms with E-state index in [0.29, 0.717) is 23.9 Å². The van der Waals surface area contributed by atoms with Crippen LogP contribution in [-0.2, 0) is 9.47 Å². The third-order valence-electron chi connectivity index (χ3n) is 4.09. The Morgan fingerprint density at radius 3 is 2.56 bits per heavy atom. The van der Waals surface area contributed by atoms with Crippen LogP contribution in [0.2, 0.25) is 0 Å². The van der Waals surface area contributed by atoms with E-state index in [1.54, 1.807) is 12.4 Å². The molecule has 1 saturated carbocycles. The summed E-state index contributed by atoms with van der Waals surface area (Å²) in [6, 6.07) is 3.92. The molecule has 1 aliphatic carbocycles. The molecule has 0 radical (unpaired) electrons. The topological polar surface area (TPSA) is 31.4 Å². The fourth-order valence-electron chi connectivity index (χ4n) is 2.93. The second-order valence-electron chi connectivity index (χ2n) is 4.93. The van der Waals surface area contributed by atoms with Gasteiger partial charge in [0.25, 0.3) is 0 Å². The summed E-state index contributed by atoms with van der Waals surface area (Å²) in [5.74, 6) is 1.92. The van der Waals surface area contributed by atoms with Gasteiger partial charge >= 0.3 is 0 Å². The highest BCUT2D eigenvalue weighted by Crippen LogP contribution is 2.47. The Balaban J connectivity index is 1.80. The number of aromatic nitrogens is 1. The zero-order chi connectivity index (χ0) is 11.1. The normalized spacial score (nSPS) is 42.2. The minimum Gasteiger partial charge on any atom is -0.348 e. The van der Waals surface area contributed by atoms with Crippen molar-refractivity contribution in [1.29, 1.82) is 0 Å². The van der Waals surface area contributed by atoms with Gasteiger partial charge in [-0.25, -0.2) is 0 Å². The Labute approximate surface area is 95.8 Å². The van der Waals surface area contributed by atoms with Gasteiger partial charge in [0.2, 0.25) is 0 Å². The Kier molecular flexibility index (Phi) is 2.45. The number of fused-ring (bicyclic) bond motifs is 3. The van der Waals surface area contributed by atoms with Crippen LogP contribution in [0.1, 0.15) is 25.7 Å². The van der Waals surface area contributed by atoms with Crippen molar-refractivity contribution >= 4 is 0 Å². The zero-order valence-electron chi connectivity index (χ0n) is 9.67. The molecule has 1 aromatic heterocycles. The van der Waals surface area contributed by atoms with E-state index in [1.807, 2.05) is 12.1 Å². The minimum atomic E-state index is -0.203. The van der Waals surface area contributed by atoms with Gasteiger partial charge in [-0.2, -0.15) is 0 Å². The van der Waals surface area contributed by atoms with Gasteiger partial charge in [0.05, 0.1) is 12.7 Å². The summed E-state index contributed by atoms with van der Waals surface area (Å²) in [6.07, 6.45) is 3.71. The van der Waals surface area contributed by atoms with Crippen molar-refractivity contribution in [3.63, 3.8) is 0 Å². The van der Waals surface area contributed by atoms with E-state index in [0.717, 1.165) is 12.2 Å². The third kappa shape index (κ3) is 1.46. The maximum atomic E-state index is 6.04. The van der Waals surface area contributed by atoms with Crippen molar-refractivity contribution in [3.05, 3.63) is 30.1 Å². The van der Waals surface area contributed by atoms with Crippen LogP contribution in [0.4, 0.5) is 0 Å². The van der Waals surface area contributed by atoms with Crippen molar-refractivity contribution in [2.24, 2.45) is 17.8 Å². The molecule has 2 saturated heterocycles. The van der Waals surface area contributed by atoms with E-state index in [1.165, 1.54) is 0 Å². The van der Waals surface area contributed by atoms with Gasteiger partial charge in [-0.3, -0.25) is 4.98 Å². The number of hydrogen-bond acceptors (Lipinski definition) is 3. The standard InChI is InChI=1S/C13H17NO2/c1-8-11-7-15-13(16-12(8)9(11)2)10-3-5-14-6-4-10/h3-6,8-9,11-13H,7H2,1-2H3/t8-,9?,11?,12?,13?/m0/s1. The molecular formula is C13H17NO2. The Morgan fingerprint density at radius 2 is 1.88 bits per heavy atom. The highest BCUT2D eigenvalue weighted by molar-refractivity contribution is 5.12. The molecule has 3 fully saturated rings. The fourth-order valence-corrected chi connectivity index (χ4v) is 2.93. The molecule has 4 unspecified atom stereocenters. The summed E-state index contributed by atoms with van der Waals surface area (Å²) in [5.41, 5.74) is 1.07. The summed E-state index contributed by atoms with van der Waals surface area (Å²) in [5, 5.41) is 0. The number of hydrogen-bond donors (Lipinski definition) is 0. The molecule has 2 aliphatic heterocycles. The molecular weight excluding hydrogens is 202 g/mol. The van der Waals surface area contributed by atoms with Crippen LogP contribution in [0, 0.1) is 17.8 Å². The predicted molar refractivity (Wildman–Crippen MR) is 59.6 cm³/mol. The average Bonchev–Trinajstić information content (AvgIpc) is 2.62. The molecule has 0 amide bonds. The van der Waals surface area contributed by atoms with E-state index >= 15 is 0 Å². The van der Waals surface area contributed by atoms with Crippen LogP contribution in [0.25, 0.3) is 0 Å². The molecule has 3 heterocycles. The lowest BCUT2D eigenvalue weighted by Gasteiger charge is -2.45. The highest BCUT2D eigenvalue weighted by atomic mass is 16.7. The van der Waals surface area contributed by atoms with Crippen LogP contribution in [-0.4, -0.2) is 17.7 Å². The van der Waals surface area contributed by atoms with Crippen LogP contribution < -0.4 is 0 Å². The molecule has 2 bridgehead atoms. The second kappa shape index (κ2) is 3.82. The largest absolute Gasteiger partial charge is 0.348 e. The van der Waals surface area contributed by atoms with Gasteiger partial charge in [0.15, 0.2) is 6.29 Å². The number of nitrogens with zero attached hydrogens (tertiary/aromatic N) is 1. The molecule has 3 nitrogen and oxygen atoms in total. The first kappa shape index (κ1) is 10.2. The van der Waals surface area contributed by atoms with Crippen molar-refractivity contribution in [2.45, 2.75) is 26.2 Å². The molecule has 86 valence electrons. The first-order chi connectivity index (χ1) is 7.77. The molecule has 3 aliphatic rings. The average molecular weight is 219 g/mol. The van der Waals surface area contributed by atoms with Gasteiger partial charge in [0, 0.05) is 18.0 Å². The van der Waals surface area contributed by atoms with Gasteiger partial charge in [-0.15, -0.1) is 0 Å². The van der Waals surface area contributed by atoms with Crippen LogP contribution in [0.3, 0.4) is 0 Å². The smallest absolute Gasteiger partial charge is 0.184 e. The predicted octanol–water partition coefficient (Wildman–Crippen LogP) is 2.40. The SMILES string of the molecule is CC1C2COC(c3ccncc3)OC1[C@H]2C. The van der Waals surface area contributed by atoms with Crippen molar-refractivity contribution in [2.75, 3.05) is 6.61 Å². The maximum Gasteiger partial charge on any atom is 0.184 e. The quantitative estimate of drug-likeness (QED) is 0.726. The second-order valence-corrected chi connectivity index (χ2v) is 4.93. The van der Waals surface area contributed by atoms with Crippen LogP contribution >= 0.6 is 0 Å². The van der Waals surface area contributed by atoms with Crippen LogP contribution in [0.15, 0.2) is 24.5 Å². The van der Waals surface area contributed by atoms with E-state index in [2.05, 4.69) is 18.8 Å². The van der Waals surface area contributed by atoms with Gasteiger partial charge < -0.3 is 9.47 Å². The Bertz CT molecular complexity index is 357. The third-order valence-corrected chi connectivity index (χ3v) is 4.09. The Hall–Kier alpha value is -0.930. The summed E-state index contributed by atoms with van der Waals surface area (Å²) < 4.78 is 11.9. The fraction of sp³-hybridized carbons (Fsp3) is 0.615. The number of pyridine rings is 1. The van der Waals surface area contributed by atoms with Crippen molar-refractivity contribution < 1.29 is 9.47 Å². The van der Waals surface area contributed by atoms with E-state index in [-0.39, 0.29) is 6.29 Å². The number of rotatable bonds is 1. The zero-order valence-corrected chi connectivity index (χ0v) is 9.67. The molecule has 0 aromatic carbocycles. The van der Waals surface area contributed by atoms with Gasteiger partial charge in [-0.1, -0.05) is 13.8 Å². The lowest BCUT2D eigenvalue weighted by atomic mass is 9.64. The molecule has 1 aromatic rings. The molecule has 0 spiro atoms. The summed E-state index contributed by atoms with van der Waals surface area (Å²) in [7, 11) is 0. The monoisotopic (exact) mass is 219 g/mol. The van der Waals surface area contributed by atoms with Crippen LogP contribution in [0.5, 0.6) is 0 Å². The first-order valence-corrected chi connectivity index (χ1v) is 5.94. The van der Waals surface area contributed by atoms with E-state index in [4.69, 9.17) is 9.47 Å². The molecule has 3 heteroatoms. The van der Waals surface area contributed by atoms with E-state index < -0.39 is 0 Å². The summed E-state index contributed by atoms with van der Waals surface area (Å²) in [6.45, 7) is 5.33. The maximum absolute atomic E-state index is 6.04. The minimum absolute atomic E-state index is 0.203.